The van der Waals surface area contributed by atoms with Gasteiger partial charge in [-0.3, -0.25) is 9.59 Å². The van der Waals surface area contributed by atoms with E-state index in [0.717, 1.165) is 43.7 Å². The van der Waals surface area contributed by atoms with Crippen LogP contribution in [-0.2, 0) is 17.9 Å². The minimum absolute atomic E-state index is 0.0117. The van der Waals surface area contributed by atoms with Gasteiger partial charge in [0, 0.05) is 38.1 Å². The van der Waals surface area contributed by atoms with Crippen LogP contribution < -0.4 is 5.56 Å². The van der Waals surface area contributed by atoms with Gasteiger partial charge in [0.25, 0.3) is 5.56 Å². The van der Waals surface area contributed by atoms with Gasteiger partial charge in [-0.2, -0.15) is 5.10 Å². The summed E-state index contributed by atoms with van der Waals surface area (Å²) in [7, 11) is 0. The fourth-order valence-corrected chi connectivity index (χ4v) is 3.15. The van der Waals surface area contributed by atoms with Crippen molar-refractivity contribution in [3.8, 4) is 0 Å². The molecule has 1 unspecified atom stereocenters. The van der Waals surface area contributed by atoms with Gasteiger partial charge in [-0.15, -0.1) is 0 Å². The molecule has 7 heteroatoms. The van der Waals surface area contributed by atoms with Crippen LogP contribution in [0.4, 0.5) is 0 Å². The SMILES string of the molecule is Cc1cc(=O)n(CC(=O)N2CCCC(Cn3ccnc3)C2)nc1C. The number of hydrogen-bond acceptors (Lipinski definition) is 4. The van der Waals surface area contributed by atoms with Crippen LogP contribution in [0.25, 0.3) is 0 Å². The Labute approximate surface area is 140 Å². The molecule has 0 spiro atoms. The molecule has 1 fully saturated rings. The van der Waals surface area contributed by atoms with E-state index in [1.165, 1.54) is 10.7 Å². The van der Waals surface area contributed by atoms with Gasteiger partial charge in [0.1, 0.15) is 6.54 Å². The molecular weight excluding hydrogens is 306 g/mol. The van der Waals surface area contributed by atoms with Gasteiger partial charge in [-0.25, -0.2) is 9.67 Å². The van der Waals surface area contributed by atoms with Crippen molar-refractivity contribution in [3.05, 3.63) is 46.4 Å². The van der Waals surface area contributed by atoms with Crippen LogP contribution in [0.5, 0.6) is 0 Å². The Morgan fingerprint density at radius 2 is 2.21 bits per heavy atom. The van der Waals surface area contributed by atoms with E-state index in [1.54, 1.807) is 12.5 Å². The van der Waals surface area contributed by atoms with Gasteiger partial charge < -0.3 is 9.47 Å². The molecule has 0 saturated carbocycles. The van der Waals surface area contributed by atoms with Crippen LogP contribution in [0.1, 0.15) is 24.1 Å². The summed E-state index contributed by atoms with van der Waals surface area (Å²) in [5.74, 6) is 0.379. The quantitative estimate of drug-likeness (QED) is 0.839. The molecule has 0 aliphatic carbocycles. The summed E-state index contributed by atoms with van der Waals surface area (Å²) in [6.07, 6.45) is 7.60. The lowest BCUT2D eigenvalue weighted by molar-refractivity contribution is -0.134. The summed E-state index contributed by atoms with van der Waals surface area (Å²) >= 11 is 0. The molecule has 3 heterocycles. The van der Waals surface area contributed by atoms with E-state index in [4.69, 9.17) is 0 Å². The van der Waals surface area contributed by atoms with Crippen molar-refractivity contribution in [2.24, 2.45) is 5.92 Å². The van der Waals surface area contributed by atoms with Crippen LogP contribution in [0, 0.1) is 19.8 Å². The van der Waals surface area contributed by atoms with Gasteiger partial charge in [0.05, 0.1) is 12.0 Å². The molecule has 1 atom stereocenters. The normalized spacial score (nSPS) is 17.9. The average molecular weight is 329 g/mol. The summed E-state index contributed by atoms with van der Waals surface area (Å²) < 4.78 is 3.32. The third-order valence-corrected chi connectivity index (χ3v) is 4.62. The second-order valence-electron chi connectivity index (χ2n) is 6.52. The van der Waals surface area contributed by atoms with Crippen molar-refractivity contribution in [1.82, 2.24) is 24.2 Å². The molecule has 128 valence electrons. The molecule has 3 rings (SSSR count). The van der Waals surface area contributed by atoms with Crippen LogP contribution in [0.15, 0.2) is 29.6 Å². The Bertz CT molecular complexity index is 766. The standard InChI is InChI=1S/C17H23N5O2/c1-13-8-16(23)22(19-14(13)2)11-17(24)21-6-3-4-15(10-21)9-20-7-5-18-12-20/h5,7-8,12,15H,3-4,6,9-11H2,1-2H3. The van der Waals surface area contributed by atoms with E-state index in [1.807, 2.05) is 29.5 Å². The number of carbonyl (C=O) groups excluding carboxylic acids is 1. The van der Waals surface area contributed by atoms with Crippen molar-refractivity contribution < 1.29 is 4.79 Å². The Kier molecular flexibility index (Phi) is 4.78. The summed E-state index contributed by atoms with van der Waals surface area (Å²) in [5, 5.41) is 4.23. The minimum atomic E-state index is -0.224. The maximum Gasteiger partial charge on any atom is 0.267 e. The van der Waals surface area contributed by atoms with Crippen LogP contribution >= 0.6 is 0 Å². The molecule has 0 radical (unpaired) electrons. The smallest absolute Gasteiger partial charge is 0.267 e. The van der Waals surface area contributed by atoms with Gasteiger partial charge in [-0.1, -0.05) is 0 Å². The Balaban J connectivity index is 1.64. The molecule has 0 N–H and O–H groups in total. The molecule has 1 amide bonds. The van der Waals surface area contributed by atoms with Crippen molar-refractivity contribution in [2.75, 3.05) is 13.1 Å². The predicted molar refractivity (Wildman–Crippen MR) is 89.5 cm³/mol. The first-order valence-electron chi connectivity index (χ1n) is 8.32. The Morgan fingerprint density at radius 3 is 2.96 bits per heavy atom. The molecule has 1 aliphatic heterocycles. The predicted octanol–water partition coefficient (Wildman–Crippen LogP) is 0.995. The molecule has 24 heavy (non-hydrogen) atoms. The topological polar surface area (TPSA) is 73.0 Å². The average Bonchev–Trinajstić information content (AvgIpc) is 3.06. The highest BCUT2D eigenvalue weighted by Gasteiger charge is 2.24. The number of nitrogens with zero attached hydrogens (tertiary/aromatic N) is 5. The van der Waals surface area contributed by atoms with Crippen molar-refractivity contribution in [3.63, 3.8) is 0 Å². The van der Waals surface area contributed by atoms with E-state index >= 15 is 0 Å². The number of rotatable bonds is 4. The molecule has 1 saturated heterocycles. The minimum Gasteiger partial charge on any atom is -0.341 e. The zero-order valence-corrected chi connectivity index (χ0v) is 14.2. The highest BCUT2D eigenvalue weighted by molar-refractivity contribution is 5.76. The molecule has 7 nitrogen and oxygen atoms in total. The summed E-state index contributed by atoms with van der Waals surface area (Å²) in [6, 6.07) is 1.54. The fraction of sp³-hybridized carbons (Fsp3) is 0.529. The zero-order valence-electron chi connectivity index (χ0n) is 14.2. The summed E-state index contributed by atoms with van der Waals surface area (Å²) in [6.45, 7) is 6.04. The second-order valence-corrected chi connectivity index (χ2v) is 6.52. The molecule has 1 aliphatic rings. The van der Waals surface area contributed by atoms with Crippen LogP contribution in [0.2, 0.25) is 0 Å². The highest BCUT2D eigenvalue weighted by Crippen LogP contribution is 2.18. The fourth-order valence-electron chi connectivity index (χ4n) is 3.15. The van der Waals surface area contributed by atoms with E-state index in [2.05, 4.69) is 10.1 Å². The third-order valence-electron chi connectivity index (χ3n) is 4.62. The summed E-state index contributed by atoms with van der Waals surface area (Å²) in [5.41, 5.74) is 1.40. The maximum atomic E-state index is 12.6. The first kappa shape index (κ1) is 16.4. The van der Waals surface area contributed by atoms with Gasteiger partial charge in [0.15, 0.2) is 0 Å². The lowest BCUT2D eigenvalue weighted by atomic mass is 9.98. The number of likely N-dealkylation sites (tertiary alicyclic amines) is 1. The maximum absolute atomic E-state index is 12.6. The van der Waals surface area contributed by atoms with E-state index in [9.17, 15) is 9.59 Å². The van der Waals surface area contributed by atoms with Gasteiger partial charge in [0.2, 0.25) is 5.91 Å². The Morgan fingerprint density at radius 1 is 1.38 bits per heavy atom. The number of aromatic nitrogens is 4. The molecule has 0 bridgehead atoms. The number of imidazole rings is 1. The third kappa shape index (κ3) is 3.72. The second kappa shape index (κ2) is 6.98. The monoisotopic (exact) mass is 329 g/mol. The van der Waals surface area contributed by atoms with E-state index < -0.39 is 0 Å². The largest absolute Gasteiger partial charge is 0.341 e. The lowest BCUT2D eigenvalue weighted by Gasteiger charge is -2.33. The van der Waals surface area contributed by atoms with Crippen LogP contribution in [-0.4, -0.2) is 43.2 Å². The number of aryl methyl sites for hydroxylation is 2. The molecule has 0 aromatic carbocycles. The summed E-state index contributed by atoms with van der Waals surface area (Å²) in [4.78, 5) is 30.5. The van der Waals surface area contributed by atoms with E-state index in [0.29, 0.717) is 5.92 Å². The number of hydrogen-bond donors (Lipinski definition) is 0. The van der Waals surface area contributed by atoms with E-state index in [-0.39, 0.29) is 18.0 Å². The first-order chi connectivity index (χ1) is 11.5. The van der Waals surface area contributed by atoms with Gasteiger partial charge in [-0.05, 0) is 38.2 Å². The first-order valence-corrected chi connectivity index (χ1v) is 8.32. The number of piperidine rings is 1. The number of amides is 1. The van der Waals surface area contributed by atoms with Gasteiger partial charge >= 0.3 is 0 Å². The zero-order chi connectivity index (χ0) is 17.1. The molecular formula is C17H23N5O2. The van der Waals surface area contributed by atoms with Crippen LogP contribution in [0.3, 0.4) is 0 Å². The molecule has 2 aromatic rings. The lowest BCUT2D eigenvalue weighted by Crippen LogP contribution is -2.44. The van der Waals surface area contributed by atoms with Crippen molar-refractivity contribution in [2.45, 2.75) is 39.8 Å². The van der Waals surface area contributed by atoms with Crippen molar-refractivity contribution >= 4 is 5.91 Å². The molecule has 2 aromatic heterocycles. The highest BCUT2D eigenvalue weighted by atomic mass is 16.2. The Hall–Kier alpha value is -2.44. The number of carbonyl (C=O) groups is 1. The van der Waals surface area contributed by atoms with Crippen molar-refractivity contribution in [1.29, 1.82) is 0 Å².